The quantitative estimate of drug-likeness (QED) is 0.104. The van der Waals surface area contributed by atoms with Crippen LogP contribution in [0.5, 0.6) is 0 Å². The predicted molar refractivity (Wildman–Crippen MR) is 135 cm³/mol. The van der Waals surface area contributed by atoms with Gasteiger partial charge in [0.1, 0.15) is 0 Å². The van der Waals surface area contributed by atoms with Gasteiger partial charge in [-0.1, -0.05) is 53.6 Å². The molecule has 6 nitrogen and oxygen atoms in total. The molecule has 1 heterocycles. The second-order valence-electron chi connectivity index (χ2n) is 8.85. The molecule has 0 fully saturated rings. The largest absolute Gasteiger partial charge is 0.340 e. The van der Waals surface area contributed by atoms with Gasteiger partial charge in [0.2, 0.25) is 0 Å². The number of pyridine rings is 1. The minimum atomic E-state index is 0.503. The van der Waals surface area contributed by atoms with Crippen molar-refractivity contribution in [1.29, 1.82) is 5.41 Å². The molecule has 0 atom stereocenters. The Labute approximate surface area is 194 Å². The van der Waals surface area contributed by atoms with Crippen molar-refractivity contribution in [1.82, 2.24) is 4.57 Å². The Kier molecular flexibility index (Phi) is 6.50. The number of aromatic nitrogens is 1. The van der Waals surface area contributed by atoms with Crippen LogP contribution in [0.1, 0.15) is 20.3 Å². The fraction of sp³-hybridized carbons (Fsp3) is 0.296. The van der Waals surface area contributed by atoms with Crippen molar-refractivity contribution in [3.8, 4) is 22.5 Å². The highest BCUT2D eigenvalue weighted by molar-refractivity contribution is 6.05. The standard InChI is InChI=1S/C27H31N6/c1-4-33(3,5-2)17-9-16-32-26-18-21(28)12-14-24(26)23-15-13-22(30-31-29)19-25(23)27(32)20-10-7-6-8-11-20/h6-8,10-15,18-19,28H,4-5,9,16-17H2,1-3H3/q+1. The van der Waals surface area contributed by atoms with Crippen LogP contribution < -0.4 is 5.36 Å². The Morgan fingerprint density at radius 1 is 0.970 bits per heavy atom. The maximum absolute atomic E-state index is 9.00. The maximum atomic E-state index is 9.00. The minimum Gasteiger partial charge on any atom is -0.340 e. The summed E-state index contributed by atoms with van der Waals surface area (Å²) in [5, 5.41) is 14.8. The number of fused-ring (bicyclic) bond motifs is 3. The second kappa shape index (κ2) is 9.49. The van der Waals surface area contributed by atoms with Gasteiger partial charge in [-0.2, -0.15) is 0 Å². The highest BCUT2D eigenvalue weighted by Gasteiger charge is 2.21. The zero-order valence-electron chi connectivity index (χ0n) is 19.6. The van der Waals surface area contributed by atoms with E-state index in [1.807, 2.05) is 42.5 Å². The summed E-state index contributed by atoms with van der Waals surface area (Å²) < 4.78 is 3.40. The van der Waals surface area contributed by atoms with Gasteiger partial charge < -0.3 is 14.5 Å². The molecule has 0 bridgehead atoms. The van der Waals surface area contributed by atoms with E-state index in [2.05, 4.69) is 59.8 Å². The van der Waals surface area contributed by atoms with Crippen molar-refractivity contribution < 1.29 is 4.48 Å². The van der Waals surface area contributed by atoms with Crippen LogP contribution in [0.3, 0.4) is 0 Å². The summed E-state index contributed by atoms with van der Waals surface area (Å²) in [7, 11) is 2.31. The zero-order valence-corrected chi connectivity index (χ0v) is 19.6. The van der Waals surface area contributed by atoms with Crippen molar-refractivity contribution in [3.63, 3.8) is 0 Å². The summed E-state index contributed by atoms with van der Waals surface area (Å²) in [4.78, 5) is 3.00. The van der Waals surface area contributed by atoms with E-state index < -0.39 is 0 Å². The number of hydrogen-bond donors (Lipinski definition) is 1. The predicted octanol–water partition coefficient (Wildman–Crippen LogP) is 6.71. The SMILES string of the molecule is CC[N+](C)(CC)CCCn1c2cc(=N)ccc-2c2ccc(N=[N+]=[N-])cc2c1-c1ccccc1. The van der Waals surface area contributed by atoms with Crippen molar-refractivity contribution in [3.05, 3.63) is 82.5 Å². The lowest BCUT2D eigenvalue weighted by Gasteiger charge is -2.33. The smallest absolute Gasteiger partial charge is 0.0801 e. The Bertz CT molecular complexity index is 1340. The van der Waals surface area contributed by atoms with E-state index in [4.69, 9.17) is 10.9 Å². The van der Waals surface area contributed by atoms with Crippen LogP contribution in [0, 0.1) is 5.41 Å². The molecule has 0 radical (unpaired) electrons. The first-order valence-electron chi connectivity index (χ1n) is 11.6. The van der Waals surface area contributed by atoms with Gasteiger partial charge in [0.25, 0.3) is 0 Å². The van der Waals surface area contributed by atoms with Gasteiger partial charge in [0.05, 0.1) is 43.4 Å². The third-order valence-corrected chi connectivity index (χ3v) is 6.92. The average Bonchev–Trinajstić information content (AvgIpc) is 2.84. The number of hydrogen-bond acceptors (Lipinski definition) is 2. The van der Waals surface area contributed by atoms with Gasteiger partial charge in [-0.05, 0) is 48.5 Å². The second-order valence-corrected chi connectivity index (χ2v) is 8.85. The van der Waals surface area contributed by atoms with Crippen LogP contribution in [0.25, 0.3) is 43.7 Å². The Morgan fingerprint density at radius 2 is 1.73 bits per heavy atom. The average molecular weight is 440 g/mol. The van der Waals surface area contributed by atoms with Gasteiger partial charge in [0, 0.05) is 34.5 Å². The monoisotopic (exact) mass is 439 g/mol. The third-order valence-electron chi connectivity index (χ3n) is 6.92. The van der Waals surface area contributed by atoms with Crippen LogP contribution >= 0.6 is 0 Å². The number of rotatable bonds is 8. The van der Waals surface area contributed by atoms with E-state index in [1.54, 1.807) is 0 Å². The molecule has 0 spiro atoms. The molecule has 0 amide bonds. The molecule has 2 aliphatic rings. The van der Waals surface area contributed by atoms with E-state index in [9.17, 15) is 0 Å². The van der Waals surface area contributed by atoms with Gasteiger partial charge in [-0.15, -0.1) is 0 Å². The number of benzene rings is 3. The molecule has 1 aliphatic carbocycles. The molecule has 33 heavy (non-hydrogen) atoms. The molecule has 2 aromatic carbocycles. The molecule has 2 aromatic rings. The third kappa shape index (κ3) is 4.49. The fourth-order valence-electron chi connectivity index (χ4n) is 4.62. The van der Waals surface area contributed by atoms with E-state index in [1.165, 1.54) is 0 Å². The van der Waals surface area contributed by atoms with E-state index in [-0.39, 0.29) is 0 Å². The first kappa shape index (κ1) is 22.6. The summed E-state index contributed by atoms with van der Waals surface area (Å²) in [6.45, 7) is 8.66. The Balaban J connectivity index is 2.01. The fourth-order valence-corrected chi connectivity index (χ4v) is 4.62. The van der Waals surface area contributed by atoms with E-state index in [0.29, 0.717) is 11.0 Å². The summed E-state index contributed by atoms with van der Waals surface area (Å²) in [5.74, 6) is 0. The number of quaternary nitrogens is 1. The highest BCUT2D eigenvalue weighted by Crippen LogP contribution is 2.40. The molecule has 1 aliphatic heterocycles. The summed E-state index contributed by atoms with van der Waals surface area (Å²) >= 11 is 0. The molecular formula is C27H31N6+. The maximum Gasteiger partial charge on any atom is 0.0801 e. The lowest BCUT2D eigenvalue weighted by molar-refractivity contribution is -0.906. The molecule has 0 unspecified atom stereocenters. The Hall–Kier alpha value is -3.60. The first-order valence-corrected chi connectivity index (χ1v) is 11.6. The molecule has 4 rings (SSSR count). The van der Waals surface area contributed by atoms with Crippen molar-refractivity contribution in [2.24, 2.45) is 5.11 Å². The van der Waals surface area contributed by atoms with Crippen LogP contribution in [-0.2, 0) is 6.54 Å². The zero-order chi connectivity index (χ0) is 23.4. The normalized spacial score (nSPS) is 11.6. The van der Waals surface area contributed by atoms with E-state index in [0.717, 1.165) is 70.4 Å². The van der Waals surface area contributed by atoms with Crippen molar-refractivity contribution in [2.75, 3.05) is 26.7 Å². The summed E-state index contributed by atoms with van der Waals surface area (Å²) in [5.41, 5.74) is 14.0. The van der Waals surface area contributed by atoms with Gasteiger partial charge in [-0.25, -0.2) is 0 Å². The number of nitrogens with one attached hydrogen (secondary N) is 1. The molecule has 1 N–H and O–H groups in total. The number of nitrogens with zero attached hydrogens (tertiary/aromatic N) is 5. The van der Waals surface area contributed by atoms with Crippen LogP contribution in [-0.4, -0.2) is 35.7 Å². The Morgan fingerprint density at radius 3 is 2.42 bits per heavy atom. The molecule has 168 valence electrons. The minimum absolute atomic E-state index is 0.503. The lowest BCUT2D eigenvalue weighted by Crippen LogP contribution is -2.44. The van der Waals surface area contributed by atoms with Gasteiger partial charge in [-0.3, -0.25) is 0 Å². The van der Waals surface area contributed by atoms with E-state index >= 15 is 0 Å². The van der Waals surface area contributed by atoms with Crippen LogP contribution in [0.15, 0.2) is 71.8 Å². The first-order chi connectivity index (χ1) is 16.0. The van der Waals surface area contributed by atoms with Crippen molar-refractivity contribution in [2.45, 2.75) is 26.8 Å². The lowest BCUT2D eigenvalue weighted by atomic mass is 9.94. The highest BCUT2D eigenvalue weighted by atomic mass is 15.3. The molecular weight excluding hydrogens is 408 g/mol. The molecule has 6 heteroatoms. The summed E-state index contributed by atoms with van der Waals surface area (Å²) in [6, 6.07) is 22.1. The summed E-state index contributed by atoms with van der Waals surface area (Å²) in [6.07, 6.45) is 1.03. The van der Waals surface area contributed by atoms with Gasteiger partial charge >= 0.3 is 0 Å². The molecule has 0 aromatic heterocycles. The molecule has 0 saturated heterocycles. The molecule has 0 saturated carbocycles. The van der Waals surface area contributed by atoms with Crippen molar-refractivity contribution >= 4 is 16.5 Å². The number of azide groups is 1. The van der Waals surface area contributed by atoms with Crippen LogP contribution in [0.4, 0.5) is 5.69 Å². The topological polar surface area (TPSA) is 77.5 Å². The van der Waals surface area contributed by atoms with Gasteiger partial charge in [0.15, 0.2) is 0 Å². The van der Waals surface area contributed by atoms with Crippen LogP contribution in [0.2, 0.25) is 0 Å².